The van der Waals surface area contributed by atoms with Crippen LogP contribution in [0.3, 0.4) is 0 Å². The van der Waals surface area contributed by atoms with Gasteiger partial charge in [0.05, 0.1) is 17.1 Å². The molecule has 0 aliphatic heterocycles. The monoisotopic (exact) mass is 386 g/mol. The van der Waals surface area contributed by atoms with Gasteiger partial charge in [-0.15, -0.1) is 11.3 Å². The lowest BCUT2D eigenvalue weighted by molar-refractivity contribution is -0.144. The van der Waals surface area contributed by atoms with Crippen LogP contribution in [-0.2, 0) is 16.0 Å². The van der Waals surface area contributed by atoms with Crippen molar-refractivity contribution in [2.45, 2.75) is 19.8 Å². The molecular formula is C16H16Cl2N2O3S. The van der Waals surface area contributed by atoms with Gasteiger partial charge in [0.15, 0.2) is 0 Å². The fourth-order valence-electron chi connectivity index (χ4n) is 2.17. The molecule has 0 aliphatic rings. The van der Waals surface area contributed by atoms with E-state index in [0.29, 0.717) is 33.7 Å². The van der Waals surface area contributed by atoms with E-state index in [1.165, 1.54) is 16.2 Å². The second-order valence-electron chi connectivity index (χ2n) is 5.15. The summed E-state index contributed by atoms with van der Waals surface area (Å²) < 4.78 is 0. The van der Waals surface area contributed by atoms with E-state index < -0.39 is 5.97 Å². The second-order valence-corrected chi connectivity index (χ2v) is 6.86. The zero-order chi connectivity index (χ0) is 17.7. The molecule has 0 fully saturated rings. The molecule has 8 heteroatoms. The molecule has 24 heavy (non-hydrogen) atoms. The number of hydrogen-bond acceptors (Lipinski definition) is 4. The van der Waals surface area contributed by atoms with Crippen LogP contribution >= 0.6 is 34.5 Å². The number of aromatic nitrogens is 1. The molecule has 0 unspecified atom stereocenters. The Hall–Kier alpha value is -1.63. The molecule has 128 valence electrons. The van der Waals surface area contributed by atoms with Gasteiger partial charge < -0.3 is 10.0 Å². The number of thiazole rings is 1. The average molecular weight is 387 g/mol. The van der Waals surface area contributed by atoms with Crippen molar-refractivity contribution >= 4 is 46.4 Å². The molecular weight excluding hydrogens is 371 g/mol. The van der Waals surface area contributed by atoms with Crippen LogP contribution in [0.4, 0.5) is 0 Å². The second kappa shape index (κ2) is 8.46. The number of rotatable bonds is 7. The van der Waals surface area contributed by atoms with Crippen molar-refractivity contribution in [2.75, 3.05) is 13.1 Å². The minimum Gasteiger partial charge on any atom is -0.480 e. The van der Waals surface area contributed by atoms with Gasteiger partial charge in [-0.05, 0) is 24.6 Å². The van der Waals surface area contributed by atoms with Gasteiger partial charge in [-0.1, -0.05) is 30.1 Å². The zero-order valence-electron chi connectivity index (χ0n) is 13.0. The summed E-state index contributed by atoms with van der Waals surface area (Å²) in [6.45, 7) is 2.00. The van der Waals surface area contributed by atoms with Gasteiger partial charge in [-0.3, -0.25) is 9.59 Å². The van der Waals surface area contributed by atoms with Gasteiger partial charge in [0.2, 0.25) is 5.91 Å². The van der Waals surface area contributed by atoms with Crippen molar-refractivity contribution in [3.05, 3.63) is 39.3 Å². The van der Waals surface area contributed by atoms with Crippen molar-refractivity contribution in [3.8, 4) is 10.6 Å². The lowest BCUT2D eigenvalue weighted by Crippen LogP contribution is -2.37. The fraction of sp³-hybridized carbons (Fsp3) is 0.312. The number of carboxylic acid groups (broad SMARTS) is 1. The van der Waals surface area contributed by atoms with Crippen LogP contribution in [-0.4, -0.2) is 40.0 Å². The Morgan fingerprint density at radius 1 is 1.33 bits per heavy atom. The minimum absolute atomic E-state index is 0.0645. The molecule has 0 bridgehead atoms. The predicted molar refractivity (Wildman–Crippen MR) is 95.8 cm³/mol. The van der Waals surface area contributed by atoms with Crippen molar-refractivity contribution < 1.29 is 14.7 Å². The summed E-state index contributed by atoms with van der Waals surface area (Å²) in [4.78, 5) is 28.9. The first-order chi connectivity index (χ1) is 11.4. The summed E-state index contributed by atoms with van der Waals surface area (Å²) in [7, 11) is 0. The molecule has 0 aliphatic carbocycles. The van der Waals surface area contributed by atoms with Crippen LogP contribution in [0.5, 0.6) is 0 Å². The van der Waals surface area contributed by atoms with E-state index in [1.54, 1.807) is 23.6 Å². The highest BCUT2D eigenvalue weighted by Gasteiger charge is 2.18. The van der Waals surface area contributed by atoms with Gasteiger partial charge in [-0.25, -0.2) is 4.98 Å². The van der Waals surface area contributed by atoms with Gasteiger partial charge >= 0.3 is 5.97 Å². The molecule has 1 amide bonds. The van der Waals surface area contributed by atoms with Crippen molar-refractivity contribution in [3.63, 3.8) is 0 Å². The topological polar surface area (TPSA) is 70.5 Å². The molecule has 0 atom stereocenters. The first-order valence-electron chi connectivity index (χ1n) is 7.30. The summed E-state index contributed by atoms with van der Waals surface area (Å²) in [5.41, 5.74) is 1.35. The van der Waals surface area contributed by atoms with E-state index in [2.05, 4.69) is 4.98 Å². The van der Waals surface area contributed by atoms with E-state index in [0.717, 1.165) is 5.56 Å². The molecule has 5 nitrogen and oxygen atoms in total. The molecule has 0 saturated heterocycles. The summed E-state index contributed by atoms with van der Waals surface area (Å²) in [5, 5.41) is 12.4. The number of carboxylic acids is 1. The van der Waals surface area contributed by atoms with Crippen LogP contribution in [0, 0.1) is 0 Å². The highest BCUT2D eigenvalue weighted by Crippen LogP contribution is 2.32. The molecule has 1 aromatic carbocycles. The SMILES string of the molecule is CCCN(CC(=O)O)C(=O)Cc1csc(-c2ccc(Cl)cc2Cl)n1. The molecule has 1 aromatic heterocycles. The normalized spacial score (nSPS) is 10.6. The number of amides is 1. The van der Waals surface area contributed by atoms with Gasteiger partial charge in [0.1, 0.15) is 11.6 Å². The summed E-state index contributed by atoms with van der Waals surface area (Å²) in [6, 6.07) is 5.15. The smallest absolute Gasteiger partial charge is 0.323 e. The highest BCUT2D eigenvalue weighted by atomic mass is 35.5. The number of carbonyl (C=O) groups excluding carboxylic acids is 1. The quantitative estimate of drug-likeness (QED) is 0.780. The average Bonchev–Trinajstić information content (AvgIpc) is 2.94. The highest BCUT2D eigenvalue weighted by molar-refractivity contribution is 7.13. The maximum atomic E-state index is 12.3. The molecule has 1 N–H and O–H groups in total. The number of benzene rings is 1. The van der Waals surface area contributed by atoms with Crippen molar-refractivity contribution in [1.29, 1.82) is 0 Å². The Kier molecular flexibility index (Phi) is 6.60. The molecule has 2 rings (SSSR count). The molecule has 0 saturated carbocycles. The maximum absolute atomic E-state index is 12.3. The van der Waals surface area contributed by atoms with Crippen LogP contribution in [0.1, 0.15) is 19.0 Å². The van der Waals surface area contributed by atoms with Gasteiger partial charge in [-0.2, -0.15) is 0 Å². The lowest BCUT2D eigenvalue weighted by Gasteiger charge is -2.19. The lowest BCUT2D eigenvalue weighted by atomic mass is 10.2. The number of carbonyl (C=O) groups is 2. The van der Waals surface area contributed by atoms with Crippen LogP contribution < -0.4 is 0 Å². The van der Waals surface area contributed by atoms with E-state index in [1.807, 2.05) is 6.92 Å². The molecule has 0 radical (unpaired) electrons. The van der Waals surface area contributed by atoms with E-state index in [9.17, 15) is 9.59 Å². The Labute approximate surface area is 153 Å². The third-order valence-corrected chi connectivity index (χ3v) is 4.69. The number of hydrogen-bond donors (Lipinski definition) is 1. The van der Waals surface area contributed by atoms with Gasteiger partial charge in [0, 0.05) is 22.5 Å². The molecule has 2 aromatic rings. The number of nitrogens with zero attached hydrogens (tertiary/aromatic N) is 2. The third-order valence-electron chi connectivity index (χ3n) is 3.22. The van der Waals surface area contributed by atoms with Crippen LogP contribution in [0.15, 0.2) is 23.6 Å². The fourth-order valence-corrected chi connectivity index (χ4v) is 3.58. The Morgan fingerprint density at radius 3 is 2.71 bits per heavy atom. The van der Waals surface area contributed by atoms with Gasteiger partial charge in [0.25, 0.3) is 0 Å². The first-order valence-corrected chi connectivity index (χ1v) is 8.93. The third kappa shape index (κ3) is 4.93. The van der Waals surface area contributed by atoms with Crippen molar-refractivity contribution in [1.82, 2.24) is 9.88 Å². The zero-order valence-corrected chi connectivity index (χ0v) is 15.3. The Balaban J connectivity index is 2.12. The molecule has 0 spiro atoms. The summed E-state index contributed by atoms with van der Waals surface area (Å²) >= 11 is 13.4. The molecule has 1 heterocycles. The van der Waals surface area contributed by atoms with E-state index >= 15 is 0 Å². The first kappa shape index (κ1) is 18.7. The van der Waals surface area contributed by atoms with Crippen LogP contribution in [0.25, 0.3) is 10.6 Å². The summed E-state index contributed by atoms with van der Waals surface area (Å²) in [6.07, 6.45) is 0.761. The number of halogens is 2. The Morgan fingerprint density at radius 2 is 2.08 bits per heavy atom. The van der Waals surface area contributed by atoms with E-state index in [-0.39, 0.29) is 18.9 Å². The predicted octanol–water partition coefficient (Wildman–Crippen LogP) is 3.98. The number of aliphatic carboxylic acids is 1. The van der Waals surface area contributed by atoms with E-state index in [4.69, 9.17) is 28.3 Å². The Bertz CT molecular complexity index is 749. The maximum Gasteiger partial charge on any atom is 0.323 e. The summed E-state index contributed by atoms with van der Waals surface area (Å²) in [5.74, 6) is -1.28. The van der Waals surface area contributed by atoms with Crippen LogP contribution in [0.2, 0.25) is 10.0 Å². The van der Waals surface area contributed by atoms with Crippen molar-refractivity contribution in [2.24, 2.45) is 0 Å². The standard InChI is InChI=1S/C16H16Cl2N2O3S/c1-2-5-20(8-15(22)23)14(21)7-11-9-24-16(19-11)12-4-3-10(17)6-13(12)18/h3-4,6,9H,2,5,7-8H2,1H3,(H,22,23). The minimum atomic E-state index is -1.02. The largest absolute Gasteiger partial charge is 0.480 e.